The molecule has 4 aromatic rings. The predicted molar refractivity (Wildman–Crippen MR) is 126 cm³/mol. The van der Waals surface area contributed by atoms with Crippen molar-refractivity contribution in [3.63, 3.8) is 0 Å². The van der Waals surface area contributed by atoms with Crippen molar-refractivity contribution in [1.82, 2.24) is 9.97 Å². The Hall–Kier alpha value is -3.47. The van der Waals surface area contributed by atoms with Crippen LogP contribution in [0.2, 0.25) is 0 Å². The van der Waals surface area contributed by atoms with Crippen LogP contribution in [0.5, 0.6) is 0 Å². The molecule has 4 rings (SSSR count). The van der Waals surface area contributed by atoms with E-state index < -0.39 is 0 Å². The van der Waals surface area contributed by atoms with Crippen molar-refractivity contribution < 1.29 is 4.42 Å². The Morgan fingerprint density at radius 3 is 2.16 bits per heavy atom. The van der Waals surface area contributed by atoms with Gasteiger partial charge in [0.1, 0.15) is 11.3 Å². The average molecular weight is 413 g/mol. The lowest BCUT2D eigenvalue weighted by atomic mass is 9.86. The largest absolute Gasteiger partial charge is 0.456 e. The van der Waals surface area contributed by atoms with Gasteiger partial charge in [-0.3, -0.25) is 0 Å². The number of aryl methyl sites for hydroxylation is 3. The Balaban J connectivity index is 1.82. The number of benzene rings is 2. The monoisotopic (exact) mass is 412 g/mol. The van der Waals surface area contributed by atoms with E-state index in [4.69, 9.17) is 4.42 Å². The zero-order chi connectivity index (χ0) is 22.2. The van der Waals surface area contributed by atoms with Crippen molar-refractivity contribution in [3.8, 4) is 11.3 Å². The second-order valence-electron chi connectivity index (χ2n) is 9.02. The molecule has 0 aliphatic rings. The van der Waals surface area contributed by atoms with Crippen molar-refractivity contribution >= 4 is 16.9 Å². The topological polar surface area (TPSA) is 63.3 Å². The van der Waals surface area contributed by atoms with Gasteiger partial charge in [-0.05, 0) is 49.9 Å². The van der Waals surface area contributed by atoms with Crippen LogP contribution < -0.4 is 10.8 Å². The third kappa shape index (κ3) is 4.66. The summed E-state index contributed by atoms with van der Waals surface area (Å²) < 4.78 is 6.24. The zero-order valence-electron chi connectivity index (χ0n) is 18.9. The first kappa shape index (κ1) is 20.8. The summed E-state index contributed by atoms with van der Waals surface area (Å²) in [4.78, 5) is 8.84. The molecule has 0 bridgehead atoms. The summed E-state index contributed by atoms with van der Waals surface area (Å²) in [5, 5.41) is 6.35. The average Bonchev–Trinajstić information content (AvgIpc) is 2.71. The maximum Gasteiger partial charge on any atom is 0.243 e. The quantitative estimate of drug-likeness (QED) is 0.417. The molecule has 2 heterocycles. The maximum atomic E-state index is 6.24. The van der Waals surface area contributed by atoms with E-state index in [-0.39, 0.29) is 5.41 Å². The molecule has 0 saturated carbocycles. The molecule has 158 valence electrons. The fraction of sp³-hybridized carbons (Fsp3) is 0.269. The van der Waals surface area contributed by atoms with Crippen LogP contribution in [0.3, 0.4) is 0 Å². The van der Waals surface area contributed by atoms with E-state index in [9.17, 15) is 0 Å². The number of rotatable bonds is 3. The van der Waals surface area contributed by atoms with Crippen LogP contribution in [-0.2, 0) is 5.41 Å². The second kappa shape index (κ2) is 7.99. The Kier molecular flexibility index (Phi) is 5.36. The molecule has 0 radical (unpaired) electrons. The molecular formula is C26H28N4O. The summed E-state index contributed by atoms with van der Waals surface area (Å²) >= 11 is 0. The number of fused-ring (bicyclic) bond motifs is 1. The van der Waals surface area contributed by atoms with Crippen molar-refractivity contribution in [2.75, 3.05) is 5.43 Å². The Labute approximate surface area is 182 Å². The fourth-order valence-electron chi connectivity index (χ4n) is 3.54. The molecule has 0 spiro atoms. The second-order valence-corrected chi connectivity index (χ2v) is 9.02. The van der Waals surface area contributed by atoms with Crippen LogP contribution in [0.1, 0.15) is 43.3 Å². The number of hydrogen-bond donors (Lipinski definition) is 1. The van der Waals surface area contributed by atoms with E-state index in [2.05, 4.69) is 78.5 Å². The molecule has 0 amide bonds. The maximum absolute atomic E-state index is 6.24. The van der Waals surface area contributed by atoms with Crippen molar-refractivity contribution in [1.29, 1.82) is 0 Å². The van der Waals surface area contributed by atoms with E-state index >= 15 is 0 Å². The Bertz CT molecular complexity index is 1290. The minimum Gasteiger partial charge on any atom is -0.456 e. The molecule has 1 N–H and O–H groups in total. The molecule has 0 aliphatic heterocycles. The summed E-state index contributed by atoms with van der Waals surface area (Å²) in [6, 6.07) is 18.5. The van der Waals surface area contributed by atoms with Gasteiger partial charge in [-0.2, -0.15) is 5.10 Å². The number of aromatic nitrogens is 2. The molecule has 2 aromatic carbocycles. The zero-order valence-corrected chi connectivity index (χ0v) is 18.9. The third-order valence-electron chi connectivity index (χ3n) is 5.19. The number of nitrogens with zero attached hydrogens (tertiary/aromatic N) is 3. The lowest BCUT2D eigenvalue weighted by molar-refractivity contribution is 0.589. The van der Waals surface area contributed by atoms with Gasteiger partial charge in [0.15, 0.2) is 0 Å². The van der Waals surface area contributed by atoms with Gasteiger partial charge < -0.3 is 4.42 Å². The standard InChI is InChI=1S/C26H28N4O/c1-16-7-12-23-21(13-16)22(29-30-25-27-17(2)14-18(3)28-25)15-24(31-23)19-8-10-20(11-9-19)26(4,5)6/h7-15H,1-6H3,(H,27,28,30)/b29-22+. The molecule has 5 nitrogen and oxygen atoms in total. The Morgan fingerprint density at radius 1 is 0.839 bits per heavy atom. The van der Waals surface area contributed by atoms with Crippen molar-refractivity contribution in [2.45, 2.75) is 47.0 Å². The summed E-state index contributed by atoms with van der Waals surface area (Å²) in [6.07, 6.45) is 0. The van der Waals surface area contributed by atoms with Gasteiger partial charge >= 0.3 is 0 Å². The molecule has 0 fully saturated rings. The molecule has 0 atom stereocenters. The first-order valence-corrected chi connectivity index (χ1v) is 10.5. The molecule has 0 aliphatic carbocycles. The van der Waals surface area contributed by atoms with Crippen LogP contribution in [0.15, 0.2) is 64.1 Å². The number of hydrogen-bond acceptors (Lipinski definition) is 5. The molecular weight excluding hydrogens is 384 g/mol. The van der Waals surface area contributed by atoms with E-state index in [1.54, 1.807) is 0 Å². The predicted octanol–water partition coefficient (Wildman–Crippen LogP) is 6.04. The minimum absolute atomic E-state index is 0.104. The van der Waals surface area contributed by atoms with Gasteiger partial charge in [-0.25, -0.2) is 15.4 Å². The minimum atomic E-state index is 0.104. The molecule has 0 saturated heterocycles. The van der Waals surface area contributed by atoms with Crippen molar-refractivity contribution in [3.05, 3.63) is 82.5 Å². The number of anilines is 1. The van der Waals surface area contributed by atoms with Crippen molar-refractivity contribution in [2.24, 2.45) is 5.10 Å². The lowest BCUT2D eigenvalue weighted by Crippen LogP contribution is -2.11. The molecule has 0 unspecified atom stereocenters. The highest BCUT2D eigenvalue weighted by atomic mass is 16.3. The summed E-state index contributed by atoms with van der Waals surface area (Å²) in [7, 11) is 0. The molecule has 5 heteroatoms. The van der Waals surface area contributed by atoms with Gasteiger partial charge in [0.2, 0.25) is 5.95 Å². The van der Waals surface area contributed by atoms with Gasteiger partial charge in [0, 0.05) is 28.4 Å². The van der Waals surface area contributed by atoms with Crippen LogP contribution in [0.25, 0.3) is 22.3 Å². The van der Waals surface area contributed by atoms with Crippen LogP contribution >= 0.6 is 0 Å². The van der Waals surface area contributed by atoms with Gasteiger partial charge in [0.05, 0.1) is 5.36 Å². The molecule has 31 heavy (non-hydrogen) atoms. The van der Waals surface area contributed by atoms with Gasteiger partial charge in [-0.15, -0.1) is 0 Å². The van der Waals surface area contributed by atoms with E-state index in [1.165, 1.54) is 5.56 Å². The third-order valence-corrected chi connectivity index (χ3v) is 5.19. The van der Waals surface area contributed by atoms with E-state index in [1.807, 2.05) is 38.1 Å². The van der Waals surface area contributed by atoms with Crippen LogP contribution in [-0.4, -0.2) is 9.97 Å². The van der Waals surface area contributed by atoms with E-state index in [0.29, 0.717) is 5.95 Å². The first-order valence-electron chi connectivity index (χ1n) is 10.5. The summed E-state index contributed by atoms with van der Waals surface area (Å²) in [5.41, 5.74) is 9.14. The molecule has 2 aromatic heterocycles. The summed E-state index contributed by atoms with van der Waals surface area (Å²) in [6.45, 7) is 12.6. The lowest BCUT2D eigenvalue weighted by Gasteiger charge is -2.19. The smallest absolute Gasteiger partial charge is 0.243 e. The normalized spacial score (nSPS) is 12.4. The Morgan fingerprint density at radius 2 is 1.52 bits per heavy atom. The number of nitrogens with one attached hydrogen (secondary N) is 1. The van der Waals surface area contributed by atoms with E-state index in [0.717, 1.165) is 44.6 Å². The highest BCUT2D eigenvalue weighted by molar-refractivity contribution is 5.79. The highest BCUT2D eigenvalue weighted by Gasteiger charge is 2.14. The first-order chi connectivity index (χ1) is 14.7. The highest BCUT2D eigenvalue weighted by Crippen LogP contribution is 2.27. The van der Waals surface area contributed by atoms with Gasteiger partial charge in [-0.1, -0.05) is 56.7 Å². The fourth-order valence-corrected chi connectivity index (χ4v) is 3.54. The van der Waals surface area contributed by atoms with Crippen LogP contribution in [0, 0.1) is 20.8 Å². The van der Waals surface area contributed by atoms with Gasteiger partial charge in [0.25, 0.3) is 0 Å². The SMILES string of the molecule is Cc1ccc2oc(-c3ccc(C(C)(C)C)cc3)c/c(=N\Nc3nc(C)cc(C)n3)c2c1. The van der Waals surface area contributed by atoms with Crippen LogP contribution in [0.4, 0.5) is 5.95 Å². The summed E-state index contributed by atoms with van der Waals surface area (Å²) in [5.74, 6) is 1.24.